The molecule has 2 aromatic rings. The second-order valence-corrected chi connectivity index (χ2v) is 8.81. The second kappa shape index (κ2) is 11.7. The summed E-state index contributed by atoms with van der Waals surface area (Å²) in [5, 5.41) is 12.8. The summed E-state index contributed by atoms with van der Waals surface area (Å²) in [5.41, 5.74) is 15.2. The largest absolute Gasteiger partial charge is 0.494 e. The average Bonchev–Trinajstić information content (AvgIpc) is 3.64. The van der Waals surface area contributed by atoms with Gasteiger partial charge in [-0.15, -0.1) is 6.58 Å². The van der Waals surface area contributed by atoms with Crippen LogP contribution in [0.5, 0.6) is 5.75 Å². The highest BCUT2D eigenvalue weighted by Crippen LogP contribution is 2.45. The molecule has 0 saturated heterocycles. The summed E-state index contributed by atoms with van der Waals surface area (Å²) in [6.45, 7) is 5.01. The summed E-state index contributed by atoms with van der Waals surface area (Å²) < 4.78 is 12.0. The van der Waals surface area contributed by atoms with Crippen LogP contribution in [0.3, 0.4) is 0 Å². The van der Waals surface area contributed by atoms with E-state index in [2.05, 4.69) is 27.5 Å². The number of carbonyl (C=O) groups excluding carboxylic acids is 1. The van der Waals surface area contributed by atoms with E-state index in [-0.39, 0.29) is 24.8 Å². The van der Waals surface area contributed by atoms with Crippen LogP contribution < -0.4 is 15.6 Å². The smallest absolute Gasteiger partial charge is 0.266 e. The summed E-state index contributed by atoms with van der Waals surface area (Å²) in [6.07, 6.45) is 3.82. The van der Waals surface area contributed by atoms with E-state index in [1.807, 2.05) is 0 Å². The maximum atomic E-state index is 13.6. The number of carbonyl (C=O) groups is 1. The van der Waals surface area contributed by atoms with Gasteiger partial charge in [0.15, 0.2) is 11.6 Å². The minimum absolute atomic E-state index is 0.0599. The number of nitrogens with zero attached hydrogens (tertiary/aromatic N) is 4. The van der Waals surface area contributed by atoms with E-state index in [1.54, 1.807) is 54.6 Å². The van der Waals surface area contributed by atoms with Gasteiger partial charge in [0.25, 0.3) is 5.91 Å². The number of aliphatic hydroxyl groups is 1. The van der Waals surface area contributed by atoms with Crippen LogP contribution in [0.25, 0.3) is 10.4 Å². The zero-order chi connectivity index (χ0) is 25.4. The maximum absolute atomic E-state index is 13.6. The summed E-state index contributed by atoms with van der Waals surface area (Å²) in [4.78, 5) is 21.4. The Hall–Kier alpha value is -3.85. The number of aliphatic hydroxyl groups excluding tert-OH is 1. The fraction of sp³-hybridized carbons (Fsp3) is 0.385. The van der Waals surface area contributed by atoms with E-state index in [9.17, 15) is 4.79 Å². The molecule has 1 saturated carbocycles. The number of amides is 1. The Morgan fingerprint density at radius 3 is 2.78 bits per heavy atom. The highest BCUT2D eigenvalue weighted by atomic mass is 16.5. The molecule has 2 aliphatic rings. The quantitative estimate of drug-likeness (QED) is 0.0961. The molecule has 188 valence electrons. The number of hydrogen-bond donors (Lipinski definition) is 3. The van der Waals surface area contributed by atoms with Crippen molar-refractivity contribution in [1.82, 2.24) is 10.9 Å². The Morgan fingerprint density at radius 1 is 1.31 bits per heavy atom. The molecule has 10 nitrogen and oxygen atoms in total. The van der Waals surface area contributed by atoms with Crippen molar-refractivity contribution in [2.75, 3.05) is 19.8 Å². The predicted octanol–water partition coefficient (Wildman–Crippen LogP) is 4.25. The first-order valence-corrected chi connectivity index (χ1v) is 12.0. The van der Waals surface area contributed by atoms with Crippen LogP contribution in [0, 0.1) is 5.92 Å². The van der Waals surface area contributed by atoms with Gasteiger partial charge in [0.05, 0.1) is 6.61 Å². The minimum Gasteiger partial charge on any atom is -0.494 e. The van der Waals surface area contributed by atoms with E-state index >= 15 is 0 Å². The average molecular weight is 491 g/mol. The molecule has 0 bridgehead atoms. The third-order valence-electron chi connectivity index (χ3n) is 6.15. The van der Waals surface area contributed by atoms with Gasteiger partial charge in [-0.2, -0.15) is 0 Å². The van der Waals surface area contributed by atoms with Crippen molar-refractivity contribution in [2.24, 2.45) is 16.0 Å². The summed E-state index contributed by atoms with van der Waals surface area (Å²) in [5.74, 6) is 1.15. The van der Waals surface area contributed by atoms with Crippen molar-refractivity contribution >= 4 is 17.5 Å². The molecule has 0 radical (unpaired) electrons. The first kappa shape index (κ1) is 25.2. The van der Waals surface area contributed by atoms with E-state index in [4.69, 9.17) is 25.1 Å². The Kier molecular flexibility index (Phi) is 8.22. The van der Waals surface area contributed by atoms with Gasteiger partial charge >= 0.3 is 0 Å². The third-order valence-corrected chi connectivity index (χ3v) is 6.15. The second-order valence-electron chi connectivity index (χ2n) is 8.81. The molecule has 10 heteroatoms. The number of rotatable bonds is 13. The van der Waals surface area contributed by atoms with Gasteiger partial charge in [0.2, 0.25) is 5.90 Å². The molecule has 1 aliphatic heterocycles. The highest BCUT2D eigenvalue weighted by Gasteiger charge is 2.53. The minimum atomic E-state index is -1.37. The zero-order valence-corrected chi connectivity index (χ0v) is 20.0. The number of hydrazine groups is 1. The van der Waals surface area contributed by atoms with E-state index in [0.717, 1.165) is 12.8 Å². The van der Waals surface area contributed by atoms with Crippen LogP contribution in [0.15, 0.2) is 71.3 Å². The monoisotopic (exact) mass is 490 g/mol. The van der Waals surface area contributed by atoms with Gasteiger partial charge in [-0.25, -0.2) is 10.4 Å². The molecule has 0 spiro atoms. The molecular formula is C26H30N6O4. The topological polar surface area (TPSA) is 141 Å². The molecule has 0 aromatic heterocycles. The fourth-order valence-corrected chi connectivity index (χ4v) is 4.07. The highest BCUT2D eigenvalue weighted by molar-refractivity contribution is 6.01. The molecule has 1 fully saturated rings. The Balaban J connectivity index is 1.68. The number of hydrogen-bond acceptors (Lipinski definition) is 7. The third kappa shape index (κ3) is 5.68. The Labute approximate surface area is 209 Å². The lowest BCUT2D eigenvalue weighted by molar-refractivity contribution is -0.129. The Bertz CT molecular complexity index is 1160. The maximum Gasteiger partial charge on any atom is 0.266 e. The normalized spacial score (nSPS) is 20.6. The number of ether oxygens (including phenoxy) is 2. The lowest BCUT2D eigenvalue weighted by Crippen LogP contribution is -2.52. The standard InChI is InChI=1S/C26H30N6O4/c1-2-14-26(25(34)31-28-17-18-8-9-18)23(21-6-3-4-7-22(21)30-32-27)36-24(29-26)19-10-12-20(13-11-19)35-16-5-15-33/h2-4,6-7,10-13,18,23,28,33H,1,5,8-9,14-17H2,(H,31,34)/t23-,26-/m0/s1. The molecule has 2 atom stereocenters. The lowest BCUT2D eigenvalue weighted by atomic mass is 9.84. The molecule has 4 rings (SSSR count). The molecule has 2 aromatic carbocycles. The predicted molar refractivity (Wildman–Crippen MR) is 136 cm³/mol. The van der Waals surface area contributed by atoms with Crippen LogP contribution in [0.1, 0.15) is 42.9 Å². The van der Waals surface area contributed by atoms with Crippen molar-refractivity contribution in [1.29, 1.82) is 0 Å². The van der Waals surface area contributed by atoms with Crippen molar-refractivity contribution < 1.29 is 19.4 Å². The van der Waals surface area contributed by atoms with Crippen molar-refractivity contribution in [3.05, 3.63) is 82.8 Å². The van der Waals surface area contributed by atoms with Gasteiger partial charge in [0, 0.05) is 47.7 Å². The number of aliphatic imine (C=N–C) groups is 1. The SMILES string of the molecule is C=CC[C@]1(C(=O)NNCC2CC2)N=C(c2ccc(OCCCO)cc2)O[C@H]1c1ccccc1N=[N+]=[N-]. The van der Waals surface area contributed by atoms with Crippen molar-refractivity contribution in [2.45, 2.75) is 37.3 Å². The van der Waals surface area contributed by atoms with E-state index < -0.39 is 11.6 Å². The van der Waals surface area contributed by atoms with Gasteiger partial charge in [-0.3, -0.25) is 10.2 Å². The number of nitrogens with one attached hydrogen (secondary N) is 2. The zero-order valence-electron chi connectivity index (χ0n) is 20.0. The summed E-state index contributed by atoms with van der Waals surface area (Å²) in [6, 6.07) is 14.2. The summed E-state index contributed by atoms with van der Waals surface area (Å²) >= 11 is 0. The molecular weight excluding hydrogens is 460 g/mol. The molecule has 1 aliphatic carbocycles. The first-order valence-electron chi connectivity index (χ1n) is 12.0. The van der Waals surface area contributed by atoms with Crippen molar-refractivity contribution in [3.63, 3.8) is 0 Å². The number of benzene rings is 2. The Morgan fingerprint density at radius 2 is 2.08 bits per heavy atom. The first-order chi connectivity index (χ1) is 17.6. The van der Waals surface area contributed by atoms with Gasteiger partial charge < -0.3 is 14.6 Å². The lowest BCUT2D eigenvalue weighted by Gasteiger charge is -2.30. The molecule has 36 heavy (non-hydrogen) atoms. The van der Waals surface area contributed by atoms with E-state index in [1.165, 1.54) is 0 Å². The van der Waals surface area contributed by atoms with Crippen LogP contribution in [0.4, 0.5) is 5.69 Å². The van der Waals surface area contributed by atoms with Crippen LogP contribution in [0.2, 0.25) is 0 Å². The van der Waals surface area contributed by atoms with Gasteiger partial charge in [-0.05, 0) is 48.6 Å². The van der Waals surface area contributed by atoms with Crippen LogP contribution in [-0.2, 0) is 9.53 Å². The van der Waals surface area contributed by atoms with E-state index in [0.29, 0.717) is 48.1 Å². The fourth-order valence-electron chi connectivity index (χ4n) is 4.07. The molecule has 3 N–H and O–H groups in total. The molecule has 0 unspecified atom stereocenters. The molecule has 1 amide bonds. The van der Waals surface area contributed by atoms with Crippen molar-refractivity contribution in [3.8, 4) is 5.75 Å². The van der Waals surface area contributed by atoms with Crippen LogP contribution >= 0.6 is 0 Å². The molecule has 1 heterocycles. The van der Waals surface area contributed by atoms with Gasteiger partial charge in [0.1, 0.15) is 5.75 Å². The summed E-state index contributed by atoms with van der Waals surface area (Å²) in [7, 11) is 0. The number of azide groups is 1. The van der Waals surface area contributed by atoms with Gasteiger partial charge in [-0.1, -0.05) is 35.5 Å². The van der Waals surface area contributed by atoms with Crippen LogP contribution in [-0.4, -0.2) is 42.2 Å².